The number of ether oxygens (including phenoxy) is 2. The zero-order chi connectivity index (χ0) is 14.7. The SMILES string of the molecule is CCOc1ccc(C(=O)N2CCOC3CCCCC32)cc1. The molecule has 2 atom stereocenters. The second kappa shape index (κ2) is 6.48. The number of carbonyl (C=O) groups is 1. The van der Waals surface area contributed by atoms with Crippen molar-refractivity contribution in [3.63, 3.8) is 0 Å². The monoisotopic (exact) mass is 289 g/mol. The third-order valence-corrected chi connectivity index (χ3v) is 4.41. The van der Waals surface area contributed by atoms with Crippen LogP contribution in [0, 0.1) is 0 Å². The normalized spacial score (nSPS) is 25.3. The smallest absolute Gasteiger partial charge is 0.254 e. The van der Waals surface area contributed by atoms with Gasteiger partial charge >= 0.3 is 0 Å². The Labute approximate surface area is 126 Å². The molecule has 2 unspecified atom stereocenters. The molecule has 0 radical (unpaired) electrons. The number of fused-ring (bicyclic) bond motifs is 1. The molecule has 0 N–H and O–H groups in total. The predicted octanol–water partition coefficient (Wildman–Crippen LogP) is 2.87. The Kier molecular flexibility index (Phi) is 4.44. The fourth-order valence-corrected chi connectivity index (χ4v) is 3.37. The number of hydrogen-bond acceptors (Lipinski definition) is 3. The first-order chi connectivity index (χ1) is 10.3. The molecular weight excluding hydrogens is 266 g/mol. The van der Waals surface area contributed by atoms with Crippen LogP contribution in [0.3, 0.4) is 0 Å². The van der Waals surface area contributed by atoms with Crippen LogP contribution in [0.15, 0.2) is 24.3 Å². The first kappa shape index (κ1) is 14.4. The Hall–Kier alpha value is -1.55. The molecule has 2 aliphatic rings. The average molecular weight is 289 g/mol. The Morgan fingerprint density at radius 3 is 2.81 bits per heavy atom. The molecule has 0 spiro atoms. The maximum atomic E-state index is 12.8. The molecule has 1 aromatic rings. The molecule has 2 fully saturated rings. The molecule has 1 saturated heterocycles. The second-order valence-corrected chi connectivity index (χ2v) is 5.72. The fraction of sp³-hybridized carbons (Fsp3) is 0.588. The zero-order valence-corrected chi connectivity index (χ0v) is 12.6. The van der Waals surface area contributed by atoms with Crippen molar-refractivity contribution in [2.24, 2.45) is 0 Å². The molecule has 1 aromatic carbocycles. The van der Waals surface area contributed by atoms with Crippen molar-refractivity contribution >= 4 is 5.91 Å². The van der Waals surface area contributed by atoms with Crippen molar-refractivity contribution in [3.8, 4) is 5.75 Å². The quantitative estimate of drug-likeness (QED) is 0.859. The number of carbonyl (C=O) groups excluding carboxylic acids is 1. The topological polar surface area (TPSA) is 38.8 Å². The van der Waals surface area contributed by atoms with E-state index in [1.807, 2.05) is 36.1 Å². The van der Waals surface area contributed by atoms with Crippen molar-refractivity contribution in [1.29, 1.82) is 0 Å². The van der Waals surface area contributed by atoms with Gasteiger partial charge < -0.3 is 14.4 Å². The summed E-state index contributed by atoms with van der Waals surface area (Å²) in [6.45, 7) is 3.95. The van der Waals surface area contributed by atoms with Gasteiger partial charge in [0.25, 0.3) is 5.91 Å². The standard InChI is InChI=1S/C17H23NO3/c1-2-20-14-9-7-13(8-10-14)17(19)18-11-12-21-16-6-4-3-5-15(16)18/h7-10,15-16H,2-6,11-12H2,1H3. The molecule has 1 aliphatic carbocycles. The molecule has 1 heterocycles. The van der Waals surface area contributed by atoms with E-state index in [0.29, 0.717) is 19.8 Å². The Morgan fingerprint density at radius 1 is 1.29 bits per heavy atom. The van der Waals surface area contributed by atoms with E-state index < -0.39 is 0 Å². The van der Waals surface area contributed by atoms with Crippen molar-refractivity contribution < 1.29 is 14.3 Å². The van der Waals surface area contributed by atoms with Gasteiger partial charge in [-0.05, 0) is 44.0 Å². The summed E-state index contributed by atoms with van der Waals surface area (Å²) in [7, 11) is 0. The zero-order valence-electron chi connectivity index (χ0n) is 12.6. The minimum atomic E-state index is 0.123. The Morgan fingerprint density at radius 2 is 2.05 bits per heavy atom. The van der Waals surface area contributed by atoms with Gasteiger partial charge in [-0.25, -0.2) is 0 Å². The van der Waals surface area contributed by atoms with E-state index in [9.17, 15) is 4.79 Å². The van der Waals surface area contributed by atoms with Crippen LogP contribution in [0.1, 0.15) is 43.0 Å². The number of nitrogens with zero attached hydrogens (tertiary/aromatic N) is 1. The highest BCUT2D eigenvalue weighted by molar-refractivity contribution is 5.94. The number of hydrogen-bond donors (Lipinski definition) is 0. The average Bonchev–Trinajstić information content (AvgIpc) is 2.55. The van der Waals surface area contributed by atoms with E-state index in [2.05, 4.69) is 0 Å². The maximum absolute atomic E-state index is 12.8. The first-order valence-corrected chi connectivity index (χ1v) is 7.95. The van der Waals surface area contributed by atoms with Crippen LogP contribution in [0.2, 0.25) is 0 Å². The molecule has 21 heavy (non-hydrogen) atoms. The number of benzene rings is 1. The third kappa shape index (κ3) is 3.05. The van der Waals surface area contributed by atoms with Crippen LogP contribution in [-0.2, 0) is 4.74 Å². The van der Waals surface area contributed by atoms with Crippen molar-refractivity contribution in [2.45, 2.75) is 44.8 Å². The van der Waals surface area contributed by atoms with Gasteiger partial charge in [-0.15, -0.1) is 0 Å². The molecule has 0 bridgehead atoms. The summed E-state index contributed by atoms with van der Waals surface area (Å²) >= 11 is 0. The summed E-state index contributed by atoms with van der Waals surface area (Å²) in [6, 6.07) is 7.72. The van der Waals surface area contributed by atoms with Crippen molar-refractivity contribution in [1.82, 2.24) is 4.90 Å². The van der Waals surface area contributed by atoms with Gasteiger partial charge in [0.1, 0.15) is 5.75 Å². The predicted molar refractivity (Wildman–Crippen MR) is 80.6 cm³/mol. The van der Waals surface area contributed by atoms with Crippen LogP contribution in [0.4, 0.5) is 0 Å². The van der Waals surface area contributed by atoms with Crippen molar-refractivity contribution in [2.75, 3.05) is 19.8 Å². The lowest BCUT2D eigenvalue weighted by atomic mass is 9.89. The fourth-order valence-electron chi connectivity index (χ4n) is 3.37. The van der Waals surface area contributed by atoms with Crippen molar-refractivity contribution in [3.05, 3.63) is 29.8 Å². The van der Waals surface area contributed by atoms with Gasteiger partial charge in [-0.1, -0.05) is 12.8 Å². The van der Waals surface area contributed by atoms with Gasteiger partial charge in [0.2, 0.25) is 0 Å². The van der Waals surface area contributed by atoms with Crippen LogP contribution in [-0.4, -0.2) is 42.7 Å². The largest absolute Gasteiger partial charge is 0.494 e. The lowest BCUT2D eigenvalue weighted by Crippen LogP contribution is -2.54. The molecule has 0 aromatic heterocycles. The van der Waals surface area contributed by atoms with E-state index in [4.69, 9.17) is 9.47 Å². The molecule has 4 nitrogen and oxygen atoms in total. The number of rotatable bonds is 3. The maximum Gasteiger partial charge on any atom is 0.254 e. The highest BCUT2D eigenvalue weighted by atomic mass is 16.5. The van der Waals surface area contributed by atoms with E-state index >= 15 is 0 Å². The third-order valence-electron chi connectivity index (χ3n) is 4.41. The Balaban J connectivity index is 1.73. The summed E-state index contributed by atoms with van der Waals surface area (Å²) in [5.41, 5.74) is 0.740. The second-order valence-electron chi connectivity index (χ2n) is 5.72. The molecule has 1 aliphatic heterocycles. The number of morpholine rings is 1. The van der Waals surface area contributed by atoms with E-state index in [0.717, 1.165) is 24.2 Å². The molecular formula is C17H23NO3. The van der Waals surface area contributed by atoms with Gasteiger partial charge in [-0.2, -0.15) is 0 Å². The van der Waals surface area contributed by atoms with E-state index in [1.54, 1.807) is 0 Å². The van der Waals surface area contributed by atoms with Crippen LogP contribution < -0.4 is 4.74 Å². The highest BCUT2D eigenvalue weighted by Crippen LogP contribution is 2.29. The minimum absolute atomic E-state index is 0.123. The van der Waals surface area contributed by atoms with E-state index in [-0.39, 0.29) is 18.1 Å². The number of amides is 1. The summed E-state index contributed by atoms with van der Waals surface area (Å²) in [6.07, 6.45) is 4.79. The molecule has 3 rings (SSSR count). The Bertz CT molecular complexity index is 483. The van der Waals surface area contributed by atoms with E-state index in [1.165, 1.54) is 12.8 Å². The van der Waals surface area contributed by atoms with Crippen LogP contribution >= 0.6 is 0 Å². The van der Waals surface area contributed by atoms with Gasteiger partial charge in [0.05, 0.1) is 25.4 Å². The molecule has 114 valence electrons. The molecule has 1 saturated carbocycles. The summed E-state index contributed by atoms with van der Waals surface area (Å²) in [5, 5.41) is 0. The summed E-state index contributed by atoms with van der Waals surface area (Å²) in [4.78, 5) is 14.8. The summed E-state index contributed by atoms with van der Waals surface area (Å²) < 4.78 is 11.3. The highest BCUT2D eigenvalue weighted by Gasteiger charge is 2.36. The first-order valence-electron chi connectivity index (χ1n) is 7.95. The van der Waals surface area contributed by atoms with Crippen LogP contribution in [0.25, 0.3) is 0 Å². The molecule has 4 heteroatoms. The summed E-state index contributed by atoms with van der Waals surface area (Å²) in [5.74, 6) is 0.935. The molecule has 1 amide bonds. The lowest BCUT2D eigenvalue weighted by molar-refractivity contribution is -0.0752. The van der Waals surface area contributed by atoms with Gasteiger partial charge in [-0.3, -0.25) is 4.79 Å². The lowest BCUT2D eigenvalue weighted by Gasteiger charge is -2.43. The van der Waals surface area contributed by atoms with Crippen LogP contribution in [0.5, 0.6) is 5.75 Å². The minimum Gasteiger partial charge on any atom is -0.494 e. The van der Waals surface area contributed by atoms with Gasteiger partial charge in [0, 0.05) is 12.1 Å². The van der Waals surface area contributed by atoms with Gasteiger partial charge in [0.15, 0.2) is 0 Å².